The number of hydrogen-bond donors (Lipinski definition) is 1. The summed E-state index contributed by atoms with van der Waals surface area (Å²) in [6, 6.07) is 5.12. The molecule has 3 rings (SSSR count). The minimum atomic E-state index is -0.565. The first-order valence-electron chi connectivity index (χ1n) is 6.25. The molecule has 0 spiro atoms. The van der Waals surface area contributed by atoms with Crippen LogP contribution in [0.4, 0.5) is 20.3 Å². The molecule has 7 heteroatoms. The molecule has 0 aliphatic rings. The highest BCUT2D eigenvalue weighted by molar-refractivity contribution is 7.18. The Labute approximate surface area is 128 Å². The van der Waals surface area contributed by atoms with E-state index in [1.54, 1.807) is 0 Å². The first kappa shape index (κ1) is 14.2. The van der Waals surface area contributed by atoms with Crippen molar-refractivity contribution in [2.75, 3.05) is 5.32 Å². The molecule has 3 aromatic rings. The fraction of sp³-hybridized carbons (Fsp3) is 0.143. The summed E-state index contributed by atoms with van der Waals surface area (Å²) in [6.07, 6.45) is 0.854. The van der Waals surface area contributed by atoms with E-state index < -0.39 is 11.6 Å². The lowest BCUT2D eigenvalue weighted by Gasteiger charge is -2.08. The second kappa shape index (κ2) is 5.54. The summed E-state index contributed by atoms with van der Waals surface area (Å²) < 4.78 is 27.0. The third-order valence-corrected chi connectivity index (χ3v) is 4.29. The van der Waals surface area contributed by atoms with Crippen LogP contribution in [0.5, 0.6) is 0 Å². The molecule has 3 nitrogen and oxygen atoms in total. The Hall–Kier alpha value is -1.79. The van der Waals surface area contributed by atoms with Crippen LogP contribution in [0.15, 0.2) is 24.3 Å². The van der Waals surface area contributed by atoms with Gasteiger partial charge in [0.15, 0.2) is 0 Å². The third kappa shape index (κ3) is 2.82. The fourth-order valence-electron chi connectivity index (χ4n) is 1.94. The number of halogens is 3. The summed E-state index contributed by atoms with van der Waals surface area (Å²) in [7, 11) is 0. The summed E-state index contributed by atoms with van der Waals surface area (Å²) >= 11 is 7.39. The van der Waals surface area contributed by atoms with Crippen LogP contribution in [0.1, 0.15) is 11.8 Å². The molecule has 0 atom stereocenters. The van der Waals surface area contributed by atoms with Gasteiger partial charge in [-0.15, -0.1) is 11.3 Å². The molecule has 108 valence electrons. The average Bonchev–Trinajstić information content (AvgIpc) is 2.86. The smallest absolute Gasteiger partial charge is 0.225 e. The summed E-state index contributed by atoms with van der Waals surface area (Å²) in [4.78, 5) is 10.1. The van der Waals surface area contributed by atoms with Gasteiger partial charge in [0.05, 0.1) is 11.1 Å². The topological polar surface area (TPSA) is 37.8 Å². The van der Waals surface area contributed by atoms with Gasteiger partial charge in [0.2, 0.25) is 5.28 Å². The van der Waals surface area contributed by atoms with Gasteiger partial charge in [0, 0.05) is 10.9 Å². The lowest BCUT2D eigenvalue weighted by molar-refractivity contribution is 0.603. The monoisotopic (exact) mass is 325 g/mol. The lowest BCUT2D eigenvalue weighted by atomic mass is 10.2. The van der Waals surface area contributed by atoms with E-state index >= 15 is 0 Å². The maximum absolute atomic E-state index is 13.7. The van der Waals surface area contributed by atoms with Crippen molar-refractivity contribution in [1.29, 1.82) is 0 Å². The second-order valence-electron chi connectivity index (χ2n) is 4.38. The summed E-state index contributed by atoms with van der Waals surface area (Å²) in [5, 5.41) is 3.59. The lowest BCUT2D eigenvalue weighted by Crippen LogP contribution is -1.98. The molecule has 0 aliphatic heterocycles. The Kier molecular flexibility index (Phi) is 3.73. The van der Waals surface area contributed by atoms with Gasteiger partial charge in [-0.3, -0.25) is 0 Å². The van der Waals surface area contributed by atoms with E-state index in [-0.39, 0.29) is 11.0 Å². The van der Waals surface area contributed by atoms with E-state index in [1.165, 1.54) is 11.3 Å². The predicted molar refractivity (Wildman–Crippen MR) is 81.4 cm³/mol. The van der Waals surface area contributed by atoms with Gasteiger partial charge in [0.1, 0.15) is 22.3 Å². The minimum absolute atomic E-state index is 0.00955. The predicted octanol–water partition coefficient (Wildman–Crippen LogP) is 4.93. The van der Waals surface area contributed by atoms with Crippen molar-refractivity contribution in [2.24, 2.45) is 0 Å². The van der Waals surface area contributed by atoms with Crippen LogP contribution >= 0.6 is 22.9 Å². The van der Waals surface area contributed by atoms with E-state index in [1.807, 2.05) is 13.0 Å². The minimum Gasteiger partial charge on any atom is -0.337 e. The molecule has 0 bridgehead atoms. The number of anilines is 2. The molecule has 2 aromatic heterocycles. The van der Waals surface area contributed by atoms with E-state index in [4.69, 9.17) is 11.6 Å². The molecule has 0 saturated carbocycles. The van der Waals surface area contributed by atoms with Crippen molar-refractivity contribution in [1.82, 2.24) is 9.97 Å². The molecule has 0 saturated heterocycles. The Morgan fingerprint density at radius 2 is 2.05 bits per heavy atom. The summed E-state index contributed by atoms with van der Waals surface area (Å²) in [5.74, 6) is -0.731. The molecule has 2 heterocycles. The summed E-state index contributed by atoms with van der Waals surface area (Å²) in [6.45, 7) is 2.03. The number of fused-ring (bicyclic) bond motifs is 1. The number of nitrogens with one attached hydrogen (secondary N) is 1. The average molecular weight is 326 g/mol. The number of hydrogen-bond acceptors (Lipinski definition) is 4. The van der Waals surface area contributed by atoms with Crippen molar-refractivity contribution >= 4 is 44.7 Å². The van der Waals surface area contributed by atoms with Crippen molar-refractivity contribution in [3.8, 4) is 0 Å². The van der Waals surface area contributed by atoms with Crippen LogP contribution in [0, 0.1) is 11.6 Å². The molecule has 0 fully saturated rings. The van der Waals surface area contributed by atoms with E-state index in [2.05, 4.69) is 15.3 Å². The number of thiophene rings is 1. The van der Waals surface area contributed by atoms with Crippen LogP contribution in [0.2, 0.25) is 5.28 Å². The quantitative estimate of drug-likeness (QED) is 0.694. The van der Waals surface area contributed by atoms with Gasteiger partial charge in [0.25, 0.3) is 0 Å². The highest BCUT2D eigenvalue weighted by Crippen LogP contribution is 2.32. The van der Waals surface area contributed by atoms with E-state index in [0.29, 0.717) is 10.6 Å². The maximum Gasteiger partial charge on any atom is 0.225 e. The normalized spacial score (nSPS) is 11.0. The number of aryl methyl sites for hydroxylation is 1. The van der Waals surface area contributed by atoms with Crippen molar-refractivity contribution in [2.45, 2.75) is 13.3 Å². The van der Waals surface area contributed by atoms with E-state index in [0.717, 1.165) is 34.9 Å². The molecule has 0 amide bonds. The van der Waals surface area contributed by atoms with Gasteiger partial charge in [-0.1, -0.05) is 6.92 Å². The highest BCUT2D eigenvalue weighted by atomic mass is 35.5. The standard InChI is InChI=1S/C14H10ClF2N3S/c1-2-8-6-9-12(19-14(15)20-13(9)21-8)18-11-5-7(16)3-4-10(11)17/h3-6H,2H2,1H3,(H,18,19,20). The first-order chi connectivity index (χ1) is 10.1. The molecule has 1 aromatic carbocycles. The van der Waals surface area contributed by atoms with Gasteiger partial charge < -0.3 is 5.32 Å². The maximum atomic E-state index is 13.7. The first-order valence-corrected chi connectivity index (χ1v) is 7.44. The fourth-order valence-corrected chi connectivity index (χ4v) is 3.12. The Bertz CT molecular complexity index is 819. The summed E-state index contributed by atoms with van der Waals surface area (Å²) in [5.41, 5.74) is 0.00955. The Morgan fingerprint density at radius 1 is 1.24 bits per heavy atom. The van der Waals surface area contributed by atoms with Gasteiger partial charge >= 0.3 is 0 Å². The zero-order valence-corrected chi connectivity index (χ0v) is 12.5. The largest absolute Gasteiger partial charge is 0.337 e. The number of rotatable bonds is 3. The van der Waals surface area contributed by atoms with Crippen LogP contribution in [-0.4, -0.2) is 9.97 Å². The van der Waals surface area contributed by atoms with Crippen LogP contribution in [-0.2, 0) is 6.42 Å². The Balaban J connectivity index is 2.11. The van der Waals surface area contributed by atoms with Crippen LogP contribution in [0.25, 0.3) is 10.2 Å². The molecule has 21 heavy (non-hydrogen) atoms. The van der Waals surface area contributed by atoms with Gasteiger partial charge in [-0.25, -0.2) is 13.8 Å². The molecule has 0 aliphatic carbocycles. The number of benzene rings is 1. The zero-order chi connectivity index (χ0) is 15.0. The highest BCUT2D eigenvalue weighted by Gasteiger charge is 2.13. The third-order valence-electron chi connectivity index (χ3n) is 2.95. The van der Waals surface area contributed by atoms with Crippen LogP contribution < -0.4 is 5.32 Å². The SMILES string of the molecule is CCc1cc2c(Nc3cc(F)ccc3F)nc(Cl)nc2s1. The Morgan fingerprint density at radius 3 is 2.81 bits per heavy atom. The van der Waals surface area contributed by atoms with Crippen LogP contribution in [0.3, 0.4) is 0 Å². The van der Waals surface area contributed by atoms with Gasteiger partial charge in [-0.05, 0) is 36.2 Å². The number of aromatic nitrogens is 2. The molecule has 0 unspecified atom stereocenters. The molecule has 0 radical (unpaired) electrons. The zero-order valence-electron chi connectivity index (χ0n) is 11.0. The number of nitrogens with zero attached hydrogens (tertiary/aromatic N) is 2. The molecular weight excluding hydrogens is 316 g/mol. The van der Waals surface area contributed by atoms with Gasteiger partial charge in [-0.2, -0.15) is 4.98 Å². The van der Waals surface area contributed by atoms with E-state index in [9.17, 15) is 8.78 Å². The molecule has 1 N–H and O–H groups in total. The van der Waals surface area contributed by atoms with Crippen molar-refractivity contribution < 1.29 is 8.78 Å². The van der Waals surface area contributed by atoms with Crippen molar-refractivity contribution in [3.05, 3.63) is 46.1 Å². The second-order valence-corrected chi connectivity index (χ2v) is 5.83. The van der Waals surface area contributed by atoms with Crippen molar-refractivity contribution in [3.63, 3.8) is 0 Å². The molecular formula is C14H10ClF2N3S.